The van der Waals surface area contributed by atoms with E-state index in [4.69, 9.17) is 4.74 Å². The predicted molar refractivity (Wildman–Crippen MR) is 84.0 cm³/mol. The van der Waals surface area contributed by atoms with Gasteiger partial charge in [-0.1, -0.05) is 0 Å². The zero-order chi connectivity index (χ0) is 15.5. The first-order valence-electron chi connectivity index (χ1n) is 6.61. The van der Waals surface area contributed by atoms with Gasteiger partial charge in [-0.05, 0) is 47.1 Å². The molecule has 1 aliphatic heterocycles. The van der Waals surface area contributed by atoms with Gasteiger partial charge in [-0.25, -0.2) is 17.9 Å². The van der Waals surface area contributed by atoms with E-state index in [9.17, 15) is 13.2 Å². The Morgan fingerprint density at radius 3 is 2.71 bits per heavy atom. The highest BCUT2D eigenvalue weighted by molar-refractivity contribution is 9.10. The molecule has 1 aromatic rings. The number of nitrogens with zero attached hydrogens (tertiary/aromatic N) is 1. The summed E-state index contributed by atoms with van der Waals surface area (Å²) in [5.74, 6) is 0. The number of thiophene rings is 1. The van der Waals surface area contributed by atoms with E-state index in [1.165, 1.54) is 11.3 Å². The van der Waals surface area contributed by atoms with Crippen LogP contribution in [0.2, 0.25) is 0 Å². The smallest absolute Gasteiger partial charge is 0.409 e. The van der Waals surface area contributed by atoms with E-state index >= 15 is 0 Å². The molecule has 1 N–H and O–H groups in total. The third-order valence-corrected chi connectivity index (χ3v) is 7.36. The maximum absolute atomic E-state index is 12.3. The highest BCUT2D eigenvalue weighted by atomic mass is 79.9. The van der Waals surface area contributed by atoms with Crippen LogP contribution in [-0.2, 0) is 14.8 Å². The van der Waals surface area contributed by atoms with Gasteiger partial charge in [-0.15, -0.1) is 11.3 Å². The van der Waals surface area contributed by atoms with Crippen molar-refractivity contribution in [2.24, 2.45) is 0 Å². The lowest BCUT2D eigenvalue weighted by Gasteiger charge is -2.31. The van der Waals surface area contributed by atoms with Crippen molar-refractivity contribution in [2.45, 2.75) is 30.0 Å². The minimum Gasteiger partial charge on any atom is -0.450 e. The van der Waals surface area contributed by atoms with Crippen LogP contribution in [0.15, 0.2) is 20.1 Å². The third-order valence-electron chi connectivity index (χ3n) is 3.17. The highest BCUT2D eigenvalue weighted by Crippen LogP contribution is 2.28. The summed E-state index contributed by atoms with van der Waals surface area (Å²) in [4.78, 5) is 13.2. The summed E-state index contributed by atoms with van der Waals surface area (Å²) in [5, 5.41) is 1.72. The number of nitrogens with one attached hydrogen (secondary N) is 1. The minimum atomic E-state index is -3.51. The van der Waals surface area contributed by atoms with Gasteiger partial charge in [0.2, 0.25) is 0 Å². The lowest BCUT2D eigenvalue weighted by molar-refractivity contribution is 0.0966. The zero-order valence-electron chi connectivity index (χ0n) is 11.5. The number of hydrogen-bond donors (Lipinski definition) is 1. The minimum absolute atomic E-state index is 0.158. The van der Waals surface area contributed by atoms with Crippen molar-refractivity contribution < 1.29 is 17.9 Å². The highest BCUT2D eigenvalue weighted by Gasteiger charge is 2.28. The van der Waals surface area contributed by atoms with Crippen LogP contribution in [0.5, 0.6) is 0 Å². The van der Waals surface area contributed by atoms with E-state index in [-0.39, 0.29) is 16.3 Å². The first-order valence-corrected chi connectivity index (χ1v) is 9.76. The molecule has 0 atom stereocenters. The quantitative estimate of drug-likeness (QED) is 0.847. The topological polar surface area (TPSA) is 75.7 Å². The molecule has 0 saturated carbocycles. The van der Waals surface area contributed by atoms with Crippen molar-refractivity contribution in [1.29, 1.82) is 0 Å². The summed E-state index contributed by atoms with van der Waals surface area (Å²) in [6, 6.07) is 1.55. The van der Waals surface area contributed by atoms with Crippen molar-refractivity contribution in [1.82, 2.24) is 9.62 Å². The Labute approximate surface area is 136 Å². The molecule has 0 unspecified atom stereocenters. The molecule has 118 valence electrons. The van der Waals surface area contributed by atoms with Crippen LogP contribution in [0.25, 0.3) is 0 Å². The molecule has 0 spiro atoms. The van der Waals surface area contributed by atoms with E-state index in [1.807, 2.05) is 0 Å². The molecule has 1 saturated heterocycles. The maximum Gasteiger partial charge on any atom is 0.409 e. The van der Waals surface area contributed by atoms with Gasteiger partial charge >= 0.3 is 6.09 Å². The molecule has 0 aliphatic carbocycles. The zero-order valence-corrected chi connectivity index (χ0v) is 14.8. The van der Waals surface area contributed by atoms with E-state index in [0.717, 1.165) is 0 Å². The van der Waals surface area contributed by atoms with Crippen molar-refractivity contribution in [2.75, 3.05) is 19.7 Å². The fraction of sp³-hybridized carbons (Fsp3) is 0.583. The number of carbonyl (C=O) groups is 1. The largest absolute Gasteiger partial charge is 0.450 e. The Morgan fingerprint density at radius 1 is 1.52 bits per heavy atom. The summed E-state index contributed by atoms with van der Waals surface area (Å²) in [6.45, 7) is 3.10. The number of rotatable bonds is 4. The fourth-order valence-corrected chi connectivity index (χ4v) is 5.80. The summed E-state index contributed by atoms with van der Waals surface area (Å²) in [7, 11) is -3.51. The number of ether oxygens (including phenoxy) is 1. The average molecular weight is 397 g/mol. The van der Waals surface area contributed by atoms with Crippen LogP contribution < -0.4 is 4.72 Å². The number of sulfonamides is 1. The second-order valence-electron chi connectivity index (χ2n) is 4.64. The lowest BCUT2D eigenvalue weighted by atomic mass is 10.1. The monoisotopic (exact) mass is 396 g/mol. The molecular weight excluding hydrogens is 380 g/mol. The van der Waals surface area contributed by atoms with Gasteiger partial charge in [0.25, 0.3) is 10.0 Å². The van der Waals surface area contributed by atoms with Gasteiger partial charge in [0.1, 0.15) is 4.21 Å². The van der Waals surface area contributed by atoms with Crippen molar-refractivity contribution in [3.63, 3.8) is 0 Å². The molecule has 1 aromatic heterocycles. The SMILES string of the molecule is CCOC(=O)N1CCC(NS(=O)(=O)c2sccc2Br)CC1. The first-order chi connectivity index (χ1) is 9.94. The molecule has 9 heteroatoms. The third kappa shape index (κ3) is 4.18. The Hall–Kier alpha value is -0.640. The summed E-state index contributed by atoms with van der Waals surface area (Å²) in [6.07, 6.45) is 0.835. The first kappa shape index (κ1) is 16.7. The van der Waals surface area contributed by atoms with Gasteiger partial charge in [-0.3, -0.25) is 0 Å². The number of halogens is 1. The Balaban J connectivity index is 1.92. The molecule has 6 nitrogen and oxygen atoms in total. The number of hydrogen-bond acceptors (Lipinski definition) is 5. The Bertz CT molecular complexity index is 594. The second-order valence-corrected chi connectivity index (χ2v) is 8.32. The summed E-state index contributed by atoms with van der Waals surface area (Å²) in [5.41, 5.74) is 0. The second kappa shape index (κ2) is 7.08. The molecule has 0 radical (unpaired) electrons. The summed E-state index contributed by atoms with van der Waals surface area (Å²) >= 11 is 4.41. The van der Waals surface area contributed by atoms with Gasteiger partial charge in [-0.2, -0.15) is 0 Å². The normalized spacial score (nSPS) is 17.0. The molecule has 2 rings (SSSR count). The fourth-order valence-electron chi connectivity index (χ4n) is 2.14. The Kier molecular flexibility index (Phi) is 5.64. The molecule has 0 aromatic carbocycles. The molecule has 2 heterocycles. The van der Waals surface area contributed by atoms with Crippen LogP contribution >= 0.6 is 27.3 Å². The van der Waals surface area contributed by atoms with E-state index in [0.29, 0.717) is 37.0 Å². The lowest BCUT2D eigenvalue weighted by Crippen LogP contribution is -2.46. The van der Waals surface area contributed by atoms with Crippen LogP contribution in [0.4, 0.5) is 4.79 Å². The molecule has 1 aliphatic rings. The standard InChI is InChI=1S/C12H17BrN2O4S2/c1-2-19-12(16)15-6-3-9(4-7-15)14-21(17,18)11-10(13)5-8-20-11/h5,8-9,14H,2-4,6-7H2,1H3. The number of likely N-dealkylation sites (tertiary alicyclic amines) is 1. The van der Waals surface area contributed by atoms with Gasteiger partial charge in [0.05, 0.1) is 6.61 Å². The van der Waals surface area contributed by atoms with E-state index < -0.39 is 10.0 Å². The number of carbonyl (C=O) groups excluding carboxylic acids is 1. The van der Waals surface area contributed by atoms with Crippen LogP contribution in [-0.4, -0.2) is 45.1 Å². The number of amides is 1. The van der Waals surface area contributed by atoms with E-state index in [2.05, 4.69) is 20.7 Å². The van der Waals surface area contributed by atoms with E-state index in [1.54, 1.807) is 23.3 Å². The summed E-state index contributed by atoms with van der Waals surface area (Å²) < 4.78 is 33.0. The Morgan fingerprint density at radius 2 is 2.19 bits per heavy atom. The average Bonchev–Trinajstić information content (AvgIpc) is 2.86. The predicted octanol–water partition coefficient (Wildman–Crippen LogP) is 2.41. The van der Waals surface area contributed by atoms with Crippen LogP contribution in [0, 0.1) is 0 Å². The van der Waals surface area contributed by atoms with Crippen LogP contribution in [0.1, 0.15) is 19.8 Å². The van der Waals surface area contributed by atoms with Crippen molar-refractivity contribution >= 4 is 43.4 Å². The van der Waals surface area contributed by atoms with Gasteiger partial charge in [0, 0.05) is 23.6 Å². The number of piperidine rings is 1. The van der Waals surface area contributed by atoms with Gasteiger partial charge in [0.15, 0.2) is 0 Å². The van der Waals surface area contributed by atoms with Gasteiger partial charge < -0.3 is 9.64 Å². The molecule has 21 heavy (non-hydrogen) atoms. The maximum atomic E-state index is 12.3. The van der Waals surface area contributed by atoms with Crippen molar-refractivity contribution in [3.05, 3.63) is 15.9 Å². The van der Waals surface area contributed by atoms with Crippen molar-refractivity contribution in [3.8, 4) is 0 Å². The van der Waals surface area contributed by atoms with Crippen LogP contribution in [0.3, 0.4) is 0 Å². The molecule has 0 bridgehead atoms. The molecule has 1 fully saturated rings. The molecule has 1 amide bonds. The molecular formula is C12H17BrN2O4S2.